The first-order chi connectivity index (χ1) is 12.1. The highest BCUT2D eigenvalue weighted by Crippen LogP contribution is 2.32. The van der Waals surface area contributed by atoms with Crippen LogP contribution >= 0.6 is 23.2 Å². The van der Waals surface area contributed by atoms with E-state index in [9.17, 15) is 9.90 Å². The number of rotatable bonds is 5. The van der Waals surface area contributed by atoms with Crippen LogP contribution in [0.15, 0.2) is 48.5 Å². The SMILES string of the molecule is CC(C(Cc1ccc(Cl)cc1)c1ccc(Cl)cc1)N(C(=O)O)C(C)(C)C. The molecular formula is C21H25Cl2NO2. The molecule has 0 fully saturated rings. The van der Waals surface area contributed by atoms with Crippen LogP contribution in [0, 0.1) is 0 Å². The minimum absolute atomic E-state index is 0.0104. The number of amides is 1. The summed E-state index contributed by atoms with van der Waals surface area (Å²) in [5, 5.41) is 11.2. The molecule has 26 heavy (non-hydrogen) atoms. The van der Waals surface area contributed by atoms with Gasteiger partial charge in [0.1, 0.15) is 0 Å². The van der Waals surface area contributed by atoms with Gasteiger partial charge >= 0.3 is 6.09 Å². The summed E-state index contributed by atoms with van der Waals surface area (Å²) in [6.45, 7) is 7.71. The van der Waals surface area contributed by atoms with Gasteiger partial charge in [-0.2, -0.15) is 0 Å². The van der Waals surface area contributed by atoms with Crippen molar-refractivity contribution in [1.29, 1.82) is 0 Å². The van der Waals surface area contributed by atoms with E-state index < -0.39 is 11.6 Å². The first-order valence-electron chi connectivity index (χ1n) is 8.62. The quantitative estimate of drug-likeness (QED) is 0.630. The lowest BCUT2D eigenvalue weighted by Crippen LogP contribution is -2.52. The largest absolute Gasteiger partial charge is 0.465 e. The molecule has 0 saturated heterocycles. The monoisotopic (exact) mass is 393 g/mol. The van der Waals surface area contributed by atoms with E-state index in [1.54, 1.807) is 0 Å². The van der Waals surface area contributed by atoms with Crippen molar-refractivity contribution in [2.75, 3.05) is 0 Å². The molecule has 0 radical (unpaired) electrons. The predicted molar refractivity (Wildman–Crippen MR) is 108 cm³/mol. The van der Waals surface area contributed by atoms with Crippen LogP contribution in [0.5, 0.6) is 0 Å². The molecule has 2 aromatic carbocycles. The van der Waals surface area contributed by atoms with Crippen molar-refractivity contribution in [3.63, 3.8) is 0 Å². The highest BCUT2D eigenvalue weighted by molar-refractivity contribution is 6.30. The van der Waals surface area contributed by atoms with Gasteiger partial charge in [0.2, 0.25) is 0 Å². The van der Waals surface area contributed by atoms with Crippen LogP contribution in [0.1, 0.15) is 44.7 Å². The standard InChI is InChI=1S/C21H25Cl2NO2/c1-14(24(20(25)26)21(2,3)4)19(16-7-11-18(23)12-8-16)13-15-5-9-17(22)10-6-15/h5-12,14,19H,13H2,1-4H3,(H,25,26). The van der Waals surface area contributed by atoms with E-state index in [4.69, 9.17) is 23.2 Å². The third kappa shape index (κ3) is 5.15. The Kier molecular flexibility index (Phi) is 6.59. The summed E-state index contributed by atoms with van der Waals surface area (Å²) in [5.41, 5.74) is 1.67. The van der Waals surface area contributed by atoms with Crippen molar-refractivity contribution in [2.24, 2.45) is 0 Å². The maximum atomic E-state index is 12.0. The van der Waals surface area contributed by atoms with E-state index in [-0.39, 0.29) is 12.0 Å². The summed E-state index contributed by atoms with van der Waals surface area (Å²) in [4.78, 5) is 13.5. The maximum absolute atomic E-state index is 12.0. The number of halogens is 2. The summed E-state index contributed by atoms with van der Waals surface area (Å²) in [7, 11) is 0. The lowest BCUT2D eigenvalue weighted by atomic mass is 9.84. The average Bonchev–Trinajstić information content (AvgIpc) is 2.53. The maximum Gasteiger partial charge on any atom is 0.407 e. The van der Waals surface area contributed by atoms with Crippen molar-refractivity contribution >= 4 is 29.3 Å². The third-order valence-corrected chi connectivity index (χ3v) is 5.09. The lowest BCUT2D eigenvalue weighted by Gasteiger charge is -2.41. The summed E-state index contributed by atoms with van der Waals surface area (Å²) in [6, 6.07) is 15.1. The Morgan fingerprint density at radius 1 is 1.00 bits per heavy atom. The van der Waals surface area contributed by atoms with Crippen LogP contribution in [-0.2, 0) is 6.42 Å². The molecule has 0 bridgehead atoms. The molecule has 0 spiro atoms. The molecule has 140 valence electrons. The summed E-state index contributed by atoms with van der Waals surface area (Å²) < 4.78 is 0. The van der Waals surface area contributed by atoms with E-state index in [2.05, 4.69) is 0 Å². The Bertz CT molecular complexity index is 736. The average molecular weight is 394 g/mol. The van der Waals surface area contributed by atoms with Crippen molar-refractivity contribution in [2.45, 2.75) is 51.6 Å². The highest BCUT2D eigenvalue weighted by atomic mass is 35.5. The van der Waals surface area contributed by atoms with Crippen molar-refractivity contribution in [3.05, 3.63) is 69.7 Å². The van der Waals surface area contributed by atoms with Gasteiger partial charge in [-0.3, -0.25) is 0 Å². The molecule has 2 rings (SSSR count). The molecule has 0 aromatic heterocycles. The fraction of sp³-hybridized carbons (Fsp3) is 0.381. The highest BCUT2D eigenvalue weighted by Gasteiger charge is 2.35. The van der Waals surface area contributed by atoms with Gasteiger partial charge in [-0.15, -0.1) is 0 Å². The molecule has 0 aliphatic rings. The predicted octanol–water partition coefficient (Wildman–Crippen LogP) is 6.49. The zero-order valence-electron chi connectivity index (χ0n) is 15.5. The van der Waals surface area contributed by atoms with Crippen molar-refractivity contribution in [3.8, 4) is 0 Å². The van der Waals surface area contributed by atoms with Gasteiger partial charge in [-0.25, -0.2) is 4.79 Å². The molecule has 0 saturated carbocycles. The Morgan fingerprint density at radius 3 is 1.88 bits per heavy atom. The number of benzene rings is 2. The van der Waals surface area contributed by atoms with Crippen molar-refractivity contribution < 1.29 is 9.90 Å². The fourth-order valence-corrected chi connectivity index (χ4v) is 3.66. The molecule has 1 N–H and O–H groups in total. The second kappa shape index (κ2) is 8.32. The molecule has 2 aromatic rings. The van der Waals surface area contributed by atoms with Crippen LogP contribution in [-0.4, -0.2) is 27.7 Å². The first kappa shape index (κ1) is 20.6. The van der Waals surface area contributed by atoms with Gasteiger partial charge in [0.15, 0.2) is 0 Å². The van der Waals surface area contributed by atoms with Gasteiger partial charge in [0.25, 0.3) is 0 Å². The van der Waals surface area contributed by atoms with Gasteiger partial charge in [-0.05, 0) is 69.5 Å². The molecule has 1 amide bonds. The van der Waals surface area contributed by atoms with Crippen LogP contribution < -0.4 is 0 Å². The van der Waals surface area contributed by atoms with Crippen LogP contribution in [0.4, 0.5) is 4.79 Å². The zero-order valence-corrected chi connectivity index (χ0v) is 17.1. The van der Waals surface area contributed by atoms with E-state index in [0.29, 0.717) is 16.5 Å². The second-order valence-electron chi connectivity index (χ2n) is 7.55. The van der Waals surface area contributed by atoms with Gasteiger partial charge in [0, 0.05) is 27.5 Å². The zero-order chi connectivity index (χ0) is 19.5. The smallest absolute Gasteiger partial charge is 0.407 e. The van der Waals surface area contributed by atoms with Crippen LogP contribution in [0.3, 0.4) is 0 Å². The fourth-order valence-electron chi connectivity index (χ4n) is 3.40. The Balaban J connectivity index is 2.43. The second-order valence-corrected chi connectivity index (χ2v) is 8.43. The van der Waals surface area contributed by atoms with E-state index in [1.807, 2.05) is 76.2 Å². The molecule has 0 aliphatic carbocycles. The van der Waals surface area contributed by atoms with Gasteiger partial charge < -0.3 is 10.0 Å². The van der Waals surface area contributed by atoms with Crippen molar-refractivity contribution in [1.82, 2.24) is 4.90 Å². The summed E-state index contributed by atoms with van der Waals surface area (Å²) in [5.74, 6) is -0.0104. The van der Waals surface area contributed by atoms with Gasteiger partial charge in [-0.1, -0.05) is 47.5 Å². The molecule has 0 heterocycles. The molecule has 2 unspecified atom stereocenters. The van der Waals surface area contributed by atoms with E-state index in [0.717, 1.165) is 11.1 Å². The van der Waals surface area contributed by atoms with Gasteiger partial charge in [0.05, 0.1) is 0 Å². The normalized spacial score (nSPS) is 13.9. The van der Waals surface area contributed by atoms with E-state index >= 15 is 0 Å². The van der Waals surface area contributed by atoms with Crippen LogP contribution in [0.2, 0.25) is 10.0 Å². The third-order valence-electron chi connectivity index (χ3n) is 4.59. The summed E-state index contributed by atoms with van der Waals surface area (Å²) in [6.07, 6.45) is -0.208. The number of carboxylic acid groups (broad SMARTS) is 1. The minimum atomic E-state index is -0.917. The number of hydrogen-bond acceptors (Lipinski definition) is 1. The number of carbonyl (C=O) groups is 1. The minimum Gasteiger partial charge on any atom is -0.465 e. The number of hydrogen-bond donors (Lipinski definition) is 1. The lowest BCUT2D eigenvalue weighted by molar-refractivity contribution is 0.0664. The molecule has 0 aliphatic heterocycles. The summed E-state index contributed by atoms with van der Waals surface area (Å²) >= 11 is 12.0. The van der Waals surface area contributed by atoms with E-state index in [1.165, 1.54) is 4.90 Å². The molecule has 5 heteroatoms. The molecular weight excluding hydrogens is 369 g/mol. The number of nitrogens with zero attached hydrogens (tertiary/aromatic N) is 1. The molecule has 2 atom stereocenters. The Labute approximate surface area is 165 Å². The Morgan fingerprint density at radius 2 is 1.46 bits per heavy atom. The Hall–Kier alpha value is -1.71. The first-order valence-corrected chi connectivity index (χ1v) is 9.37. The topological polar surface area (TPSA) is 40.5 Å². The molecule has 3 nitrogen and oxygen atoms in total. The van der Waals surface area contributed by atoms with Crippen LogP contribution in [0.25, 0.3) is 0 Å².